The van der Waals surface area contributed by atoms with Crippen LogP contribution in [0.15, 0.2) is 49.1 Å². The second-order valence-electron chi connectivity index (χ2n) is 10.4. The maximum atomic E-state index is 13.7. The number of amides is 2. The molecule has 0 bridgehead atoms. The first-order valence-corrected chi connectivity index (χ1v) is 13.2. The third-order valence-corrected chi connectivity index (χ3v) is 7.70. The number of H-pyrrole nitrogens is 1. The summed E-state index contributed by atoms with van der Waals surface area (Å²) in [6.45, 7) is 8.52. The van der Waals surface area contributed by atoms with E-state index >= 15 is 0 Å². The predicted molar refractivity (Wildman–Crippen MR) is 144 cm³/mol. The number of likely N-dealkylation sites (tertiary alicyclic amines) is 1. The number of rotatable bonds is 8. The average Bonchev–Trinajstić information content (AvgIpc) is 3.74. The van der Waals surface area contributed by atoms with Gasteiger partial charge in [0.1, 0.15) is 12.1 Å². The summed E-state index contributed by atoms with van der Waals surface area (Å²) >= 11 is 0. The quantitative estimate of drug-likeness (QED) is 0.384. The van der Waals surface area contributed by atoms with Crippen molar-refractivity contribution >= 4 is 17.5 Å². The fraction of sp³-hybridized carbons (Fsp3) is 0.444. The molecule has 2 amide bonds. The molecule has 0 spiro atoms. The Morgan fingerprint density at radius 2 is 1.92 bits per heavy atom. The molecular weight excluding hydrogens is 482 g/mol. The molecule has 11 heteroatoms. The first-order valence-electron chi connectivity index (χ1n) is 13.2. The lowest BCUT2D eigenvalue weighted by Crippen LogP contribution is -2.39. The normalized spacial score (nSPS) is 20.5. The number of methoxy groups -OCH3 is 1. The van der Waals surface area contributed by atoms with E-state index in [1.54, 1.807) is 18.0 Å². The molecule has 38 heavy (non-hydrogen) atoms. The van der Waals surface area contributed by atoms with Crippen molar-refractivity contribution < 1.29 is 9.53 Å². The molecule has 2 aliphatic rings. The van der Waals surface area contributed by atoms with Gasteiger partial charge in [-0.1, -0.05) is 38.1 Å². The van der Waals surface area contributed by atoms with Crippen LogP contribution in [0.25, 0.3) is 28.2 Å². The number of anilines is 1. The molecule has 0 saturated carbocycles. The van der Waals surface area contributed by atoms with Gasteiger partial charge < -0.3 is 9.64 Å². The molecule has 2 atom stereocenters. The van der Waals surface area contributed by atoms with Crippen LogP contribution < -0.4 is 4.90 Å². The molecule has 11 nitrogen and oxygen atoms in total. The molecule has 0 radical (unpaired) electrons. The third kappa shape index (κ3) is 4.52. The van der Waals surface area contributed by atoms with Gasteiger partial charge in [0.25, 0.3) is 0 Å². The Labute approximate surface area is 221 Å². The molecule has 6 rings (SSSR count). The van der Waals surface area contributed by atoms with Crippen molar-refractivity contribution in [2.45, 2.75) is 32.4 Å². The smallest absolute Gasteiger partial charge is 0.326 e. The lowest BCUT2D eigenvalue weighted by Gasteiger charge is -2.25. The van der Waals surface area contributed by atoms with Gasteiger partial charge in [0.2, 0.25) is 0 Å². The molecule has 5 heterocycles. The number of ether oxygens (including phenoxy) is 1. The number of fused-ring (bicyclic) bond motifs is 1. The maximum absolute atomic E-state index is 13.7. The fourth-order valence-corrected chi connectivity index (χ4v) is 5.44. The second-order valence-corrected chi connectivity index (χ2v) is 10.4. The predicted octanol–water partition coefficient (Wildman–Crippen LogP) is 3.17. The Balaban J connectivity index is 1.25. The summed E-state index contributed by atoms with van der Waals surface area (Å²) < 4.78 is 7.25. The highest BCUT2D eigenvalue weighted by atomic mass is 16.5. The van der Waals surface area contributed by atoms with E-state index in [1.165, 1.54) is 0 Å². The SMILES string of the molecule is CO[C@@H]1CCN(CCN2C[C@H](C(C)C)N(c3ccn4ncc(-c5ccc(-c6nc[nH]n6)cc5)c4n3)C2=O)C1. The minimum absolute atomic E-state index is 0.0139. The molecule has 2 fully saturated rings. The molecule has 198 valence electrons. The zero-order valence-electron chi connectivity index (χ0n) is 22.0. The summed E-state index contributed by atoms with van der Waals surface area (Å²) in [4.78, 5) is 29.1. The Kier molecular flexibility index (Phi) is 6.54. The van der Waals surface area contributed by atoms with Crippen molar-refractivity contribution in [2.75, 3.05) is 44.7 Å². The second kappa shape index (κ2) is 10.1. The minimum Gasteiger partial charge on any atom is -0.380 e. The van der Waals surface area contributed by atoms with Crippen molar-refractivity contribution in [2.24, 2.45) is 5.92 Å². The number of carbonyl (C=O) groups excluding carboxylic acids is 1. The number of nitrogens with one attached hydrogen (secondary N) is 1. The van der Waals surface area contributed by atoms with Crippen molar-refractivity contribution in [3.8, 4) is 22.5 Å². The number of hydrogen-bond donors (Lipinski definition) is 1. The van der Waals surface area contributed by atoms with Crippen LogP contribution in [0, 0.1) is 5.92 Å². The van der Waals surface area contributed by atoms with Gasteiger partial charge in [0.05, 0.1) is 18.3 Å². The van der Waals surface area contributed by atoms with Crippen LogP contribution >= 0.6 is 0 Å². The van der Waals surface area contributed by atoms with Crippen LogP contribution in [-0.4, -0.2) is 97.6 Å². The Bertz CT molecular complexity index is 1400. The number of hydrogen-bond acceptors (Lipinski definition) is 7. The van der Waals surface area contributed by atoms with Crippen LogP contribution in [0.5, 0.6) is 0 Å². The number of aromatic amines is 1. The largest absolute Gasteiger partial charge is 0.380 e. The molecule has 1 N–H and O–H groups in total. The fourth-order valence-electron chi connectivity index (χ4n) is 5.44. The number of carbonyl (C=O) groups is 1. The highest BCUT2D eigenvalue weighted by Crippen LogP contribution is 2.31. The van der Waals surface area contributed by atoms with E-state index in [1.807, 2.05) is 52.5 Å². The molecule has 0 unspecified atom stereocenters. The van der Waals surface area contributed by atoms with Gasteiger partial charge in [-0.05, 0) is 24.0 Å². The third-order valence-electron chi connectivity index (χ3n) is 7.70. The van der Waals surface area contributed by atoms with E-state index in [2.05, 4.69) is 39.0 Å². The first-order chi connectivity index (χ1) is 18.5. The van der Waals surface area contributed by atoms with Gasteiger partial charge in [0, 0.05) is 57.2 Å². The number of urea groups is 1. The summed E-state index contributed by atoms with van der Waals surface area (Å²) in [5.74, 6) is 1.60. The zero-order chi connectivity index (χ0) is 26.2. The van der Waals surface area contributed by atoms with Gasteiger partial charge in [-0.3, -0.25) is 14.9 Å². The first kappa shape index (κ1) is 24.5. The molecule has 2 saturated heterocycles. The van der Waals surface area contributed by atoms with Crippen molar-refractivity contribution in [3.63, 3.8) is 0 Å². The average molecular weight is 516 g/mol. The molecular formula is C27H33N9O2. The van der Waals surface area contributed by atoms with Crippen LogP contribution in [-0.2, 0) is 4.74 Å². The highest BCUT2D eigenvalue weighted by Gasteiger charge is 2.40. The summed E-state index contributed by atoms with van der Waals surface area (Å²) in [6.07, 6.45) is 6.60. The van der Waals surface area contributed by atoms with E-state index in [-0.39, 0.29) is 12.1 Å². The highest BCUT2D eigenvalue weighted by molar-refractivity contribution is 5.94. The number of nitrogens with zero attached hydrogens (tertiary/aromatic N) is 8. The van der Waals surface area contributed by atoms with Crippen molar-refractivity contribution in [3.05, 3.63) is 49.1 Å². The summed E-state index contributed by atoms with van der Waals surface area (Å²) in [5.41, 5.74) is 3.53. The van der Waals surface area contributed by atoms with Crippen LogP contribution in [0.1, 0.15) is 20.3 Å². The Morgan fingerprint density at radius 3 is 2.63 bits per heavy atom. The van der Waals surface area contributed by atoms with Gasteiger partial charge in [-0.25, -0.2) is 19.3 Å². The van der Waals surface area contributed by atoms with Crippen LogP contribution in [0.4, 0.5) is 10.6 Å². The summed E-state index contributed by atoms with van der Waals surface area (Å²) in [7, 11) is 1.77. The topological polar surface area (TPSA) is 108 Å². The van der Waals surface area contributed by atoms with Crippen molar-refractivity contribution in [1.29, 1.82) is 0 Å². The molecule has 1 aromatic carbocycles. The van der Waals surface area contributed by atoms with E-state index < -0.39 is 0 Å². The van der Waals surface area contributed by atoms with Gasteiger partial charge in [-0.15, -0.1) is 0 Å². The summed E-state index contributed by atoms with van der Waals surface area (Å²) in [6, 6.07) is 9.95. The van der Waals surface area contributed by atoms with Crippen LogP contribution in [0.2, 0.25) is 0 Å². The lowest BCUT2D eigenvalue weighted by molar-refractivity contribution is 0.107. The Morgan fingerprint density at radius 1 is 1.11 bits per heavy atom. The van der Waals surface area contributed by atoms with Crippen LogP contribution in [0.3, 0.4) is 0 Å². The lowest BCUT2D eigenvalue weighted by atomic mass is 10.0. The molecule has 2 aliphatic heterocycles. The monoisotopic (exact) mass is 515 g/mol. The van der Waals surface area contributed by atoms with E-state index in [9.17, 15) is 4.79 Å². The van der Waals surface area contributed by atoms with Crippen molar-refractivity contribution in [1.82, 2.24) is 39.6 Å². The minimum atomic E-state index is 0.0139. The number of aromatic nitrogens is 6. The maximum Gasteiger partial charge on any atom is 0.326 e. The molecule has 3 aromatic heterocycles. The standard InChI is InChI=1S/C27H33N9O2/c1-18(2)23-16-34(13-12-33-10-8-21(15-33)38-3)27(37)36(23)24-9-11-35-26(31-24)22(14-30-35)19-4-6-20(7-5-19)25-28-17-29-32-25/h4-7,9,11,14,17-18,21,23H,8,10,12-13,15-16H2,1-3H3,(H,28,29,32)/t21-,23-/m1/s1. The van der Waals surface area contributed by atoms with E-state index in [4.69, 9.17) is 9.72 Å². The molecule has 4 aromatic rings. The van der Waals surface area contributed by atoms with Gasteiger partial charge >= 0.3 is 6.03 Å². The zero-order valence-corrected chi connectivity index (χ0v) is 22.0. The van der Waals surface area contributed by atoms with Gasteiger partial charge in [-0.2, -0.15) is 10.2 Å². The summed E-state index contributed by atoms with van der Waals surface area (Å²) in [5, 5.41) is 11.4. The number of benzene rings is 1. The van der Waals surface area contributed by atoms with Gasteiger partial charge in [0.15, 0.2) is 11.5 Å². The Hall–Kier alpha value is -3.83. The van der Waals surface area contributed by atoms with E-state index in [0.717, 1.165) is 42.7 Å². The van der Waals surface area contributed by atoms with E-state index in [0.29, 0.717) is 42.4 Å². The molecule has 0 aliphatic carbocycles.